The van der Waals surface area contributed by atoms with E-state index in [4.69, 9.17) is 4.74 Å². The van der Waals surface area contributed by atoms with Gasteiger partial charge in [0.25, 0.3) is 0 Å². The van der Waals surface area contributed by atoms with Gasteiger partial charge in [-0.15, -0.1) is 0 Å². The Labute approximate surface area is 71.9 Å². The van der Waals surface area contributed by atoms with Crippen LogP contribution in [0.3, 0.4) is 0 Å². The molecule has 0 atom stereocenters. The van der Waals surface area contributed by atoms with E-state index in [9.17, 15) is 0 Å². The van der Waals surface area contributed by atoms with Gasteiger partial charge in [0.2, 0.25) is 0 Å². The molecule has 0 aliphatic rings. The fourth-order valence-electron chi connectivity index (χ4n) is 0.640. The Morgan fingerprint density at radius 3 is 2.70 bits per heavy atom. The van der Waals surface area contributed by atoms with E-state index in [0.717, 1.165) is 10.2 Å². The first-order valence-electron chi connectivity index (χ1n) is 2.86. The summed E-state index contributed by atoms with van der Waals surface area (Å²) >= 11 is 3.35. The first kappa shape index (κ1) is 7.82. The molecule has 0 saturated heterocycles. The monoisotopic (exact) mass is 213 g/mol. The molecule has 1 nitrogen and oxygen atoms in total. The molecule has 0 aromatic heterocycles. The number of hydrogen-bond acceptors (Lipinski definition) is 1. The number of ether oxygens (including phenoxy) is 1. The molecule has 0 amide bonds. The molecular formula is C7H6BrOSi. The molecule has 0 spiro atoms. The smallest absolute Gasteiger partial charge is 0.132 e. The predicted octanol–water partition coefficient (Wildman–Crippen LogP) is 1.95. The molecule has 0 saturated carbocycles. The largest absolute Gasteiger partial charge is 0.497 e. The lowest BCUT2D eigenvalue weighted by Gasteiger charge is -2.03. The molecule has 51 valence electrons. The maximum absolute atomic E-state index is 5.20. The maximum Gasteiger partial charge on any atom is 0.132 e. The van der Waals surface area contributed by atoms with Gasteiger partial charge in [0.15, 0.2) is 0 Å². The molecular weight excluding hydrogens is 208 g/mol. The highest BCUT2D eigenvalue weighted by Gasteiger charge is 1.94. The van der Waals surface area contributed by atoms with Crippen LogP contribution in [-0.2, 0) is 0 Å². The molecule has 10 heavy (non-hydrogen) atoms. The van der Waals surface area contributed by atoms with Gasteiger partial charge in [-0.1, -0.05) is 12.1 Å². The maximum atomic E-state index is 5.20. The Hall–Kier alpha value is -0.283. The van der Waals surface area contributed by atoms with Gasteiger partial charge in [-0.25, -0.2) is 0 Å². The molecule has 0 N–H and O–H groups in total. The van der Waals surface area contributed by atoms with Gasteiger partial charge >= 0.3 is 0 Å². The minimum atomic E-state index is 0.516. The summed E-state index contributed by atoms with van der Waals surface area (Å²) in [6, 6.07) is 7.73. The van der Waals surface area contributed by atoms with Crippen molar-refractivity contribution in [3.05, 3.63) is 28.7 Å². The minimum absolute atomic E-state index is 0.516. The lowest BCUT2D eigenvalue weighted by molar-refractivity contribution is 0.385. The van der Waals surface area contributed by atoms with Crippen molar-refractivity contribution in [2.75, 3.05) is 6.23 Å². The number of para-hydroxylation sites is 1. The van der Waals surface area contributed by atoms with Crippen LogP contribution in [0.1, 0.15) is 0 Å². The van der Waals surface area contributed by atoms with E-state index in [1.54, 1.807) is 0 Å². The molecule has 0 unspecified atom stereocenters. The van der Waals surface area contributed by atoms with Gasteiger partial charge < -0.3 is 4.74 Å². The summed E-state index contributed by atoms with van der Waals surface area (Å²) in [7, 11) is 3.22. The molecule has 0 bridgehead atoms. The van der Waals surface area contributed by atoms with Gasteiger partial charge in [-0.2, -0.15) is 0 Å². The summed E-state index contributed by atoms with van der Waals surface area (Å²) in [5.41, 5.74) is 0. The summed E-state index contributed by atoms with van der Waals surface area (Å²) < 4.78 is 6.18. The van der Waals surface area contributed by atoms with Crippen molar-refractivity contribution >= 4 is 26.2 Å². The van der Waals surface area contributed by atoms with Crippen molar-refractivity contribution in [2.24, 2.45) is 0 Å². The summed E-state index contributed by atoms with van der Waals surface area (Å²) in [5, 5.41) is 0. The van der Waals surface area contributed by atoms with Crippen LogP contribution in [0.5, 0.6) is 5.75 Å². The van der Waals surface area contributed by atoms with Crippen LogP contribution in [0.25, 0.3) is 0 Å². The zero-order chi connectivity index (χ0) is 7.40. The molecule has 1 aromatic rings. The van der Waals surface area contributed by atoms with Crippen molar-refractivity contribution in [3.63, 3.8) is 0 Å². The quantitative estimate of drug-likeness (QED) is 0.683. The van der Waals surface area contributed by atoms with Crippen LogP contribution < -0.4 is 4.74 Å². The van der Waals surface area contributed by atoms with Crippen LogP contribution in [0.2, 0.25) is 0 Å². The van der Waals surface area contributed by atoms with Crippen LogP contribution in [0, 0.1) is 0 Å². The highest BCUT2D eigenvalue weighted by molar-refractivity contribution is 9.10. The zero-order valence-electron chi connectivity index (χ0n) is 5.30. The van der Waals surface area contributed by atoms with Gasteiger partial charge in [0.1, 0.15) is 5.75 Å². The van der Waals surface area contributed by atoms with Crippen molar-refractivity contribution in [3.8, 4) is 5.75 Å². The van der Waals surface area contributed by atoms with E-state index in [1.807, 2.05) is 24.3 Å². The van der Waals surface area contributed by atoms with Crippen LogP contribution >= 0.6 is 15.9 Å². The summed E-state index contributed by atoms with van der Waals surface area (Å²) in [4.78, 5) is 0. The normalized spacial score (nSPS) is 9.40. The Balaban J connectivity index is 2.81. The van der Waals surface area contributed by atoms with E-state index >= 15 is 0 Å². The zero-order valence-corrected chi connectivity index (χ0v) is 7.89. The second kappa shape index (κ2) is 3.78. The van der Waals surface area contributed by atoms with Gasteiger partial charge in [-0.3, -0.25) is 0 Å². The fraction of sp³-hybridized carbons (Fsp3) is 0.143. The Morgan fingerprint density at radius 1 is 1.40 bits per heavy atom. The van der Waals surface area contributed by atoms with E-state index in [1.165, 1.54) is 0 Å². The lowest BCUT2D eigenvalue weighted by Crippen LogP contribution is -1.95. The molecule has 3 heteroatoms. The third kappa shape index (κ3) is 1.85. The summed E-state index contributed by atoms with van der Waals surface area (Å²) in [5.74, 6) is 0.859. The second-order valence-electron chi connectivity index (χ2n) is 1.72. The highest BCUT2D eigenvalue weighted by Crippen LogP contribution is 2.23. The average molecular weight is 214 g/mol. The summed E-state index contributed by atoms with van der Waals surface area (Å²) in [6.07, 6.45) is 0.516. The lowest BCUT2D eigenvalue weighted by atomic mass is 10.3. The van der Waals surface area contributed by atoms with Crippen LogP contribution in [-0.4, -0.2) is 16.5 Å². The second-order valence-corrected chi connectivity index (χ2v) is 2.86. The first-order valence-corrected chi connectivity index (χ1v) is 4.36. The third-order valence-electron chi connectivity index (χ3n) is 1.06. The summed E-state index contributed by atoms with van der Waals surface area (Å²) in [6.45, 7) is 0. The molecule has 3 radical (unpaired) electrons. The molecule has 0 aliphatic carbocycles. The van der Waals surface area contributed by atoms with Crippen molar-refractivity contribution < 1.29 is 4.74 Å². The number of rotatable bonds is 2. The first-order chi connectivity index (χ1) is 4.84. The third-order valence-corrected chi connectivity index (χ3v) is 1.86. The van der Waals surface area contributed by atoms with E-state index in [0.29, 0.717) is 6.23 Å². The number of hydrogen-bond donors (Lipinski definition) is 0. The Bertz CT molecular complexity index is 215. The van der Waals surface area contributed by atoms with Gasteiger partial charge in [-0.05, 0) is 28.1 Å². The van der Waals surface area contributed by atoms with E-state index < -0.39 is 0 Å². The Morgan fingerprint density at radius 2 is 2.10 bits per heavy atom. The molecule has 0 aliphatic heterocycles. The minimum Gasteiger partial charge on any atom is -0.497 e. The van der Waals surface area contributed by atoms with Crippen molar-refractivity contribution in [1.82, 2.24) is 0 Å². The van der Waals surface area contributed by atoms with Crippen LogP contribution in [0.15, 0.2) is 28.7 Å². The number of halogens is 1. The number of benzene rings is 1. The molecule has 1 rings (SSSR count). The van der Waals surface area contributed by atoms with Crippen LogP contribution in [0.4, 0.5) is 0 Å². The van der Waals surface area contributed by atoms with Crippen molar-refractivity contribution in [2.45, 2.75) is 0 Å². The SMILES string of the molecule is [Si]COc1ccccc1Br. The fourth-order valence-corrected chi connectivity index (χ4v) is 1.19. The van der Waals surface area contributed by atoms with Gasteiger partial charge in [0.05, 0.1) is 20.9 Å². The highest BCUT2D eigenvalue weighted by atomic mass is 79.9. The topological polar surface area (TPSA) is 9.23 Å². The average Bonchev–Trinajstić information content (AvgIpc) is 1.94. The standard InChI is InChI=1S/C7H6BrOSi/c8-6-3-1-2-4-7(6)9-5-10/h1-4H,5H2. The predicted molar refractivity (Wildman–Crippen MR) is 45.4 cm³/mol. The Kier molecular flexibility index (Phi) is 2.96. The molecule has 0 heterocycles. The molecule has 1 aromatic carbocycles. The van der Waals surface area contributed by atoms with Gasteiger partial charge in [0, 0.05) is 0 Å². The van der Waals surface area contributed by atoms with E-state index in [-0.39, 0.29) is 0 Å². The molecule has 0 fully saturated rings. The van der Waals surface area contributed by atoms with E-state index in [2.05, 4.69) is 26.2 Å². The van der Waals surface area contributed by atoms with Crippen molar-refractivity contribution in [1.29, 1.82) is 0 Å².